The van der Waals surface area contributed by atoms with Crippen molar-refractivity contribution in [2.24, 2.45) is 0 Å². The van der Waals surface area contributed by atoms with Crippen molar-refractivity contribution in [2.45, 2.75) is 31.3 Å². The average Bonchev–Trinajstić information content (AvgIpc) is 2.91. The van der Waals surface area contributed by atoms with Crippen molar-refractivity contribution < 1.29 is 22.9 Å². The fourth-order valence-corrected chi connectivity index (χ4v) is 5.70. The maximum Gasteiger partial charge on any atom is 0.269 e. The highest BCUT2D eigenvalue weighted by atomic mass is 35.5. The van der Waals surface area contributed by atoms with E-state index in [1.165, 1.54) is 48.2 Å². The van der Waals surface area contributed by atoms with Gasteiger partial charge in [-0.2, -0.15) is 0 Å². The molecular formula is C26H26Cl2N4O6S. The van der Waals surface area contributed by atoms with Crippen molar-refractivity contribution in [2.75, 3.05) is 17.4 Å². The number of rotatable bonds is 11. The number of sulfonamides is 1. The smallest absolute Gasteiger partial charge is 0.269 e. The molecule has 0 spiro atoms. The normalized spacial score (nSPS) is 11.9. The monoisotopic (exact) mass is 592 g/mol. The van der Waals surface area contributed by atoms with Crippen LogP contribution in [0, 0.1) is 10.1 Å². The average molecular weight is 593 g/mol. The molecule has 13 heteroatoms. The molecular weight excluding hydrogens is 567 g/mol. The van der Waals surface area contributed by atoms with Crippen LogP contribution in [0.25, 0.3) is 0 Å². The van der Waals surface area contributed by atoms with Crippen molar-refractivity contribution in [1.82, 2.24) is 10.2 Å². The number of nitrogens with zero attached hydrogens (tertiary/aromatic N) is 3. The molecule has 2 amide bonds. The van der Waals surface area contributed by atoms with E-state index in [9.17, 15) is 28.1 Å². The summed E-state index contributed by atoms with van der Waals surface area (Å²) >= 11 is 12.7. The highest BCUT2D eigenvalue weighted by molar-refractivity contribution is 7.92. The number of non-ortho nitro benzene ring substituents is 1. The van der Waals surface area contributed by atoms with Crippen LogP contribution in [0.1, 0.15) is 19.4 Å². The Kier molecular flexibility index (Phi) is 9.90. The van der Waals surface area contributed by atoms with Crippen LogP contribution < -0.4 is 9.62 Å². The van der Waals surface area contributed by atoms with Crippen LogP contribution in [0.15, 0.2) is 77.7 Å². The van der Waals surface area contributed by atoms with E-state index < -0.39 is 39.3 Å². The van der Waals surface area contributed by atoms with E-state index in [1.807, 2.05) is 0 Å². The molecule has 1 N–H and O–H groups in total. The molecule has 0 fully saturated rings. The molecule has 3 aromatic carbocycles. The summed E-state index contributed by atoms with van der Waals surface area (Å²) in [6, 6.07) is 16.0. The molecule has 206 valence electrons. The van der Waals surface area contributed by atoms with Gasteiger partial charge in [0.1, 0.15) is 12.6 Å². The van der Waals surface area contributed by atoms with Crippen molar-refractivity contribution in [3.05, 3.63) is 98.5 Å². The van der Waals surface area contributed by atoms with Crippen molar-refractivity contribution in [3.8, 4) is 0 Å². The number of anilines is 1. The van der Waals surface area contributed by atoms with Gasteiger partial charge in [-0.1, -0.05) is 47.5 Å². The highest BCUT2D eigenvalue weighted by Crippen LogP contribution is 2.29. The Bertz CT molecular complexity index is 1430. The predicted octanol–water partition coefficient (Wildman–Crippen LogP) is 4.65. The van der Waals surface area contributed by atoms with Crippen LogP contribution in [-0.4, -0.2) is 49.2 Å². The molecule has 0 aliphatic heterocycles. The lowest BCUT2D eigenvalue weighted by molar-refractivity contribution is -0.384. The van der Waals surface area contributed by atoms with Crippen molar-refractivity contribution >= 4 is 56.4 Å². The van der Waals surface area contributed by atoms with E-state index in [-0.39, 0.29) is 32.9 Å². The number of carbonyl (C=O) groups is 2. The Morgan fingerprint density at radius 3 is 2.10 bits per heavy atom. The molecule has 0 heterocycles. The van der Waals surface area contributed by atoms with Gasteiger partial charge in [0, 0.05) is 40.8 Å². The number of nitrogens with one attached hydrogen (secondary N) is 1. The van der Waals surface area contributed by atoms with Gasteiger partial charge in [0.05, 0.1) is 15.5 Å². The number of nitro benzene ring substituents is 1. The van der Waals surface area contributed by atoms with Crippen LogP contribution in [0.3, 0.4) is 0 Å². The minimum Gasteiger partial charge on any atom is -0.355 e. The van der Waals surface area contributed by atoms with E-state index in [2.05, 4.69) is 5.32 Å². The Morgan fingerprint density at radius 1 is 0.974 bits per heavy atom. The van der Waals surface area contributed by atoms with E-state index in [4.69, 9.17) is 23.2 Å². The van der Waals surface area contributed by atoms with Gasteiger partial charge < -0.3 is 10.2 Å². The maximum absolute atomic E-state index is 13.8. The summed E-state index contributed by atoms with van der Waals surface area (Å²) in [5.74, 6) is -1.18. The predicted molar refractivity (Wildman–Crippen MR) is 149 cm³/mol. The Hall–Kier alpha value is -3.67. The minimum absolute atomic E-state index is 0.0270. The molecule has 0 radical (unpaired) electrons. The summed E-state index contributed by atoms with van der Waals surface area (Å²) in [7, 11) is -4.30. The summed E-state index contributed by atoms with van der Waals surface area (Å²) in [6.45, 7) is 2.67. The molecule has 39 heavy (non-hydrogen) atoms. The van der Waals surface area contributed by atoms with Crippen molar-refractivity contribution in [1.29, 1.82) is 0 Å². The summed E-state index contributed by atoms with van der Waals surface area (Å²) in [5, 5.41) is 14.3. The number of halogens is 2. The van der Waals surface area contributed by atoms with Gasteiger partial charge in [-0.05, 0) is 50.2 Å². The van der Waals surface area contributed by atoms with E-state index in [0.29, 0.717) is 12.1 Å². The van der Waals surface area contributed by atoms with Gasteiger partial charge in [-0.25, -0.2) is 8.42 Å². The maximum atomic E-state index is 13.8. The number of hydrogen-bond donors (Lipinski definition) is 1. The van der Waals surface area contributed by atoms with Crippen LogP contribution in [-0.2, 0) is 26.2 Å². The number of amides is 2. The van der Waals surface area contributed by atoms with Crippen molar-refractivity contribution in [3.63, 3.8) is 0 Å². The van der Waals surface area contributed by atoms with Gasteiger partial charge in [-0.15, -0.1) is 0 Å². The first kappa shape index (κ1) is 29.9. The molecule has 0 aliphatic carbocycles. The summed E-state index contributed by atoms with van der Waals surface area (Å²) < 4.78 is 28.2. The SMILES string of the molecule is CCNC(=O)[C@H](C)N(Cc1c(Cl)cccc1Cl)C(=O)CN(c1ccc([N+](=O)[O-])cc1)S(=O)(=O)c1ccccc1. The number of benzene rings is 3. The van der Waals surface area contributed by atoms with Crippen LogP contribution >= 0.6 is 23.2 Å². The molecule has 0 unspecified atom stereocenters. The fraction of sp³-hybridized carbons (Fsp3) is 0.231. The molecule has 1 atom stereocenters. The highest BCUT2D eigenvalue weighted by Gasteiger charge is 2.33. The lowest BCUT2D eigenvalue weighted by Crippen LogP contribution is -2.51. The van der Waals surface area contributed by atoms with Gasteiger partial charge >= 0.3 is 0 Å². The van der Waals surface area contributed by atoms with Crippen LogP contribution in [0.5, 0.6) is 0 Å². The molecule has 0 bridgehead atoms. The standard InChI is InChI=1S/C26H26Cl2N4O6S/c1-3-29-26(34)18(2)30(16-22-23(27)10-7-11-24(22)28)25(33)17-31(19-12-14-20(15-13-19)32(35)36)39(37,38)21-8-5-4-6-9-21/h4-15,18H,3,16-17H2,1-2H3,(H,29,34)/t18-/m0/s1. The Morgan fingerprint density at radius 2 is 1.56 bits per heavy atom. The minimum atomic E-state index is -4.30. The molecule has 0 saturated carbocycles. The van der Waals surface area contributed by atoms with E-state index in [0.717, 1.165) is 16.4 Å². The zero-order valence-corrected chi connectivity index (χ0v) is 23.4. The second-order valence-electron chi connectivity index (χ2n) is 8.39. The number of likely N-dealkylation sites (N-methyl/N-ethyl adjacent to an activating group) is 1. The molecule has 3 rings (SSSR count). The first-order valence-electron chi connectivity index (χ1n) is 11.8. The Labute approximate surface area is 236 Å². The second-order valence-corrected chi connectivity index (χ2v) is 11.1. The number of nitro groups is 1. The third-order valence-electron chi connectivity index (χ3n) is 5.87. The molecule has 3 aromatic rings. The van der Waals surface area contributed by atoms with Gasteiger partial charge in [0.2, 0.25) is 11.8 Å². The first-order valence-corrected chi connectivity index (χ1v) is 14.0. The van der Waals surface area contributed by atoms with E-state index in [1.54, 1.807) is 31.2 Å². The zero-order valence-electron chi connectivity index (χ0n) is 21.1. The second kappa shape index (κ2) is 12.9. The fourth-order valence-electron chi connectivity index (χ4n) is 3.75. The summed E-state index contributed by atoms with van der Waals surface area (Å²) in [6.07, 6.45) is 0. The molecule has 10 nitrogen and oxygen atoms in total. The van der Waals surface area contributed by atoms with E-state index >= 15 is 0 Å². The number of hydrogen-bond acceptors (Lipinski definition) is 6. The quantitative estimate of drug-likeness (QED) is 0.255. The largest absolute Gasteiger partial charge is 0.355 e. The lowest BCUT2D eigenvalue weighted by atomic mass is 10.1. The topological polar surface area (TPSA) is 130 Å². The lowest BCUT2D eigenvalue weighted by Gasteiger charge is -2.32. The summed E-state index contributed by atoms with van der Waals surface area (Å²) in [4.78, 5) is 38.2. The number of carbonyl (C=O) groups excluding carboxylic acids is 2. The summed E-state index contributed by atoms with van der Waals surface area (Å²) in [5.41, 5.74) is 0.166. The van der Waals surface area contributed by atoms with Crippen LogP contribution in [0.4, 0.5) is 11.4 Å². The Balaban J connectivity index is 2.07. The molecule has 0 saturated heterocycles. The van der Waals surface area contributed by atoms with Gasteiger partial charge in [0.15, 0.2) is 0 Å². The third-order valence-corrected chi connectivity index (χ3v) is 8.36. The van der Waals surface area contributed by atoms with Gasteiger partial charge in [0.25, 0.3) is 15.7 Å². The molecule has 0 aliphatic rings. The van der Waals surface area contributed by atoms with Crippen LogP contribution in [0.2, 0.25) is 10.0 Å². The molecule has 0 aromatic heterocycles. The zero-order chi connectivity index (χ0) is 28.7. The first-order chi connectivity index (χ1) is 18.5. The third kappa shape index (κ3) is 7.05. The van der Waals surface area contributed by atoms with Gasteiger partial charge in [-0.3, -0.25) is 24.0 Å².